The Morgan fingerprint density at radius 1 is 1.22 bits per heavy atom. The molecule has 1 aliphatic rings. The number of nitrogens with one attached hydrogen (secondary N) is 1. The minimum atomic E-state index is -0.300. The van der Waals surface area contributed by atoms with Gasteiger partial charge in [0.25, 0.3) is 5.91 Å². The molecular formula is C20H18N4O2S. The quantitative estimate of drug-likeness (QED) is 0.697. The first-order valence-corrected chi connectivity index (χ1v) is 9.75. The van der Waals surface area contributed by atoms with E-state index < -0.39 is 0 Å². The molecule has 2 aromatic heterocycles. The predicted molar refractivity (Wildman–Crippen MR) is 104 cm³/mol. The highest BCUT2D eigenvalue weighted by atomic mass is 32.1. The number of nitrogens with zero attached hydrogens (tertiary/aromatic N) is 3. The summed E-state index contributed by atoms with van der Waals surface area (Å²) in [6, 6.07) is 9.74. The number of ether oxygens (including phenoxy) is 1. The molecule has 0 spiro atoms. The highest BCUT2D eigenvalue weighted by Gasteiger charge is 2.21. The number of aromatic nitrogens is 2. The molecule has 0 bridgehead atoms. The van der Waals surface area contributed by atoms with E-state index in [1.54, 1.807) is 0 Å². The monoisotopic (exact) mass is 378 g/mol. The number of rotatable bonds is 4. The molecule has 0 unspecified atom stereocenters. The van der Waals surface area contributed by atoms with E-state index in [9.17, 15) is 10.1 Å². The Kier molecular flexibility index (Phi) is 4.99. The van der Waals surface area contributed by atoms with E-state index in [0.29, 0.717) is 16.4 Å². The number of fused-ring (bicyclic) bond motifs is 2. The van der Waals surface area contributed by atoms with Gasteiger partial charge in [0, 0.05) is 4.88 Å². The van der Waals surface area contributed by atoms with Crippen molar-refractivity contribution in [2.24, 2.45) is 0 Å². The minimum Gasteiger partial charge on any atom is -0.467 e. The summed E-state index contributed by atoms with van der Waals surface area (Å²) in [5.74, 6) is 0.0730. The number of carbonyl (C=O) groups excluding carboxylic acids is 1. The molecule has 0 aliphatic heterocycles. The number of anilines is 1. The van der Waals surface area contributed by atoms with Crippen molar-refractivity contribution in [1.82, 2.24) is 9.97 Å². The summed E-state index contributed by atoms with van der Waals surface area (Å²) in [7, 11) is 0. The highest BCUT2D eigenvalue weighted by molar-refractivity contribution is 7.16. The maximum atomic E-state index is 12.4. The zero-order valence-corrected chi connectivity index (χ0v) is 15.5. The summed E-state index contributed by atoms with van der Waals surface area (Å²) in [6.07, 6.45) is 6.72. The Balaban J connectivity index is 1.48. The van der Waals surface area contributed by atoms with Crippen molar-refractivity contribution in [3.8, 4) is 11.9 Å². The number of benzene rings is 1. The van der Waals surface area contributed by atoms with Crippen LogP contribution in [0, 0.1) is 11.3 Å². The fourth-order valence-electron chi connectivity index (χ4n) is 3.34. The number of thiophene rings is 1. The van der Waals surface area contributed by atoms with Crippen LogP contribution in [0.15, 0.2) is 30.6 Å². The number of carbonyl (C=O) groups is 1. The molecule has 1 amide bonds. The van der Waals surface area contributed by atoms with Crippen molar-refractivity contribution in [2.75, 3.05) is 11.9 Å². The van der Waals surface area contributed by atoms with Gasteiger partial charge >= 0.3 is 0 Å². The molecule has 0 radical (unpaired) electrons. The molecule has 3 aromatic rings. The third-order valence-corrected chi connectivity index (χ3v) is 5.84. The van der Waals surface area contributed by atoms with Crippen molar-refractivity contribution in [1.29, 1.82) is 5.26 Å². The first kappa shape index (κ1) is 17.4. The Morgan fingerprint density at radius 3 is 2.96 bits per heavy atom. The van der Waals surface area contributed by atoms with Crippen LogP contribution in [-0.2, 0) is 17.6 Å². The summed E-state index contributed by atoms with van der Waals surface area (Å²) in [6.45, 7) is -0.172. The standard InChI is InChI=1S/C20H18N4O2S/c21-10-15-13-6-2-1-3-9-17(13)27-20(15)24-18(25)11-26-19-14-7-4-5-8-16(14)22-12-23-19/h4-5,7-8,12H,1-3,6,9,11H2,(H,24,25). The van der Waals surface area contributed by atoms with E-state index in [1.165, 1.54) is 29.0 Å². The molecule has 4 rings (SSSR count). The summed E-state index contributed by atoms with van der Waals surface area (Å²) < 4.78 is 5.61. The van der Waals surface area contributed by atoms with E-state index in [1.807, 2.05) is 24.3 Å². The lowest BCUT2D eigenvalue weighted by Gasteiger charge is -2.08. The van der Waals surface area contributed by atoms with Gasteiger partial charge in [0.2, 0.25) is 5.88 Å². The lowest BCUT2D eigenvalue weighted by Crippen LogP contribution is -2.20. The minimum absolute atomic E-state index is 0.172. The van der Waals surface area contributed by atoms with Crippen molar-refractivity contribution in [3.63, 3.8) is 0 Å². The van der Waals surface area contributed by atoms with Gasteiger partial charge in [-0.25, -0.2) is 9.97 Å². The third-order valence-electron chi connectivity index (χ3n) is 4.63. The number of hydrogen-bond acceptors (Lipinski definition) is 6. The zero-order chi connectivity index (χ0) is 18.6. The van der Waals surface area contributed by atoms with Gasteiger partial charge in [0.05, 0.1) is 16.5 Å². The van der Waals surface area contributed by atoms with Crippen LogP contribution in [0.5, 0.6) is 5.88 Å². The maximum Gasteiger partial charge on any atom is 0.263 e. The zero-order valence-electron chi connectivity index (χ0n) is 14.7. The van der Waals surface area contributed by atoms with Crippen LogP contribution < -0.4 is 10.1 Å². The van der Waals surface area contributed by atoms with E-state index in [-0.39, 0.29) is 12.5 Å². The van der Waals surface area contributed by atoms with Gasteiger partial charge in [-0.05, 0) is 43.4 Å². The van der Waals surface area contributed by atoms with E-state index in [2.05, 4.69) is 21.4 Å². The molecular weight excluding hydrogens is 360 g/mol. The molecule has 1 aromatic carbocycles. The fourth-order valence-corrected chi connectivity index (χ4v) is 4.60. The number of amides is 1. The second-order valence-electron chi connectivity index (χ2n) is 6.41. The van der Waals surface area contributed by atoms with Crippen LogP contribution in [-0.4, -0.2) is 22.5 Å². The lowest BCUT2D eigenvalue weighted by molar-refractivity contribution is -0.118. The molecule has 6 nitrogen and oxygen atoms in total. The first-order valence-electron chi connectivity index (χ1n) is 8.93. The van der Waals surface area contributed by atoms with Crippen molar-refractivity contribution >= 4 is 33.1 Å². The van der Waals surface area contributed by atoms with E-state index in [4.69, 9.17) is 4.74 Å². The normalized spacial score (nSPS) is 13.4. The van der Waals surface area contributed by atoms with Gasteiger partial charge in [-0.3, -0.25) is 4.79 Å². The number of para-hydroxylation sites is 1. The summed E-state index contributed by atoms with van der Waals surface area (Å²) in [4.78, 5) is 21.9. The number of nitriles is 1. The van der Waals surface area contributed by atoms with Gasteiger partial charge in [0.1, 0.15) is 17.4 Å². The summed E-state index contributed by atoms with van der Waals surface area (Å²) in [5, 5.41) is 13.8. The van der Waals surface area contributed by atoms with Gasteiger partial charge in [-0.2, -0.15) is 5.26 Å². The molecule has 1 aliphatic carbocycles. The van der Waals surface area contributed by atoms with Crippen molar-refractivity contribution in [3.05, 3.63) is 46.6 Å². The van der Waals surface area contributed by atoms with Gasteiger partial charge in [-0.1, -0.05) is 18.6 Å². The number of aryl methyl sites for hydroxylation is 1. The van der Waals surface area contributed by atoms with Crippen LogP contribution in [0.25, 0.3) is 10.9 Å². The van der Waals surface area contributed by atoms with Gasteiger partial charge in [-0.15, -0.1) is 11.3 Å². The van der Waals surface area contributed by atoms with Crippen LogP contribution in [0.3, 0.4) is 0 Å². The molecule has 136 valence electrons. The highest BCUT2D eigenvalue weighted by Crippen LogP contribution is 2.36. The van der Waals surface area contributed by atoms with Crippen LogP contribution in [0.1, 0.15) is 35.3 Å². The van der Waals surface area contributed by atoms with E-state index in [0.717, 1.165) is 42.1 Å². The third kappa shape index (κ3) is 3.62. The van der Waals surface area contributed by atoms with E-state index >= 15 is 0 Å². The Bertz CT molecular complexity index is 1030. The maximum absolute atomic E-state index is 12.4. The Hall–Kier alpha value is -2.98. The van der Waals surface area contributed by atoms with Gasteiger partial charge < -0.3 is 10.1 Å². The Labute approximate surface area is 160 Å². The lowest BCUT2D eigenvalue weighted by atomic mass is 10.1. The number of hydrogen-bond donors (Lipinski definition) is 1. The topological polar surface area (TPSA) is 87.9 Å². The average molecular weight is 378 g/mol. The van der Waals surface area contributed by atoms with Gasteiger partial charge in [0.15, 0.2) is 6.61 Å². The molecule has 7 heteroatoms. The first-order chi connectivity index (χ1) is 13.3. The molecule has 0 saturated carbocycles. The SMILES string of the molecule is N#Cc1c(NC(=O)COc2ncnc3ccccc23)sc2c1CCCCC2. The second kappa shape index (κ2) is 7.72. The predicted octanol–water partition coefficient (Wildman–Crippen LogP) is 3.85. The fraction of sp³-hybridized carbons (Fsp3) is 0.300. The smallest absolute Gasteiger partial charge is 0.263 e. The van der Waals surface area contributed by atoms with Crippen LogP contribution in [0.2, 0.25) is 0 Å². The molecule has 0 fully saturated rings. The second-order valence-corrected chi connectivity index (χ2v) is 7.52. The van der Waals surface area contributed by atoms with Crippen molar-refractivity contribution < 1.29 is 9.53 Å². The molecule has 27 heavy (non-hydrogen) atoms. The Morgan fingerprint density at radius 2 is 2.07 bits per heavy atom. The molecule has 2 heterocycles. The average Bonchev–Trinajstić information content (AvgIpc) is 2.85. The molecule has 0 atom stereocenters. The molecule has 0 saturated heterocycles. The van der Waals surface area contributed by atoms with Crippen LogP contribution >= 0.6 is 11.3 Å². The largest absolute Gasteiger partial charge is 0.467 e. The van der Waals surface area contributed by atoms with Crippen LogP contribution in [0.4, 0.5) is 5.00 Å². The summed E-state index contributed by atoms with van der Waals surface area (Å²) in [5.41, 5.74) is 2.48. The van der Waals surface area contributed by atoms with Crippen molar-refractivity contribution in [2.45, 2.75) is 32.1 Å². The summed E-state index contributed by atoms with van der Waals surface area (Å²) >= 11 is 1.52. The molecule has 1 N–H and O–H groups in total.